The molecule has 2 N–H and O–H groups in total. The van der Waals surface area contributed by atoms with Gasteiger partial charge in [0.25, 0.3) is 0 Å². The third-order valence-corrected chi connectivity index (χ3v) is 3.11. The van der Waals surface area contributed by atoms with Gasteiger partial charge in [-0.3, -0.25) is 0 Å². The lowest BCUT2D eigenvalue weighted by atomic mass is 10.2. The van der Waals surface area contributed by atoms with E-state index in [0.29, 0.717) is 19.5 Å². The van der Waals surface area contributed by atoms with Gasteiger partial charge in [0, 0.05) is 13.1 Å². The summed E-state index contributed by atoms with van der Waals surface area (Å²) >= 11 is 0. The number of amides is 2. The Morgan fingerprint density at radius 2 is 2.11 bits per heavy atom. The maximum atomic E-state index is 11.8. The molecule has 0 radical (unpaired) electrons. The Kier molecular flexibility index (Phi) is 5.91. The number of carboxylic acids is 1. The van der Waals surface area contributed by atoms with Crippen molar-refractivity contribution < 1.29 is 14.7 Å². The molecule has 1 aliphatic heterocycles. The van der Waals surface area contributed by atoms with E-state index in [4.69, 9.17) is 5.11 Å². The van der Waals surface area contributed by atoms with E-state index < -0.39 is 12.0 Å². The first-order valence-electron chi connectivity index (χ1n) is 6.44. The Hall–Kier alpha value is -1.30. The van der Waals surface area contributed by atoms with E-state index in [1.807, 2.05) is 14.1 Å². The minimum Gasteiger partial charge on any atom is -0.480 e. The SMILES string of the molecule is CN(C)CCCCNC(=O)N1CCCC1C(=O)O. The Bertz CT molecular complexity index is 294. The van der Waals surface area contributed by atoms with Crippen molar-refractivity contribution in [1.82, 2.24) is 15.1 Å². The number of hydrogen-bond acceptors (Lipinski definition) is 3. The van der Waals surface area contributed by atoms with Crippen LogP contribution in [0.25, 0.3) is 0 Å². The van der Waals surface area contributed by atoms with E-state index in [9.17, 15) is 9.59 Å². The van der Waals surface area contributed by atoms with Crippen LogP contribution in [-0.2, 0) is 4.79 Å². The Labute approximate surface area is 108 Å². The molecule has 1 saturated heterocycles. The van der Waals surface area contributed by atoms with Crippen molar-refractivity contribution in [1.29, 1.82) is 0 Å². The number of rotatable bonds is 6. The second-order valence-electron chi connectivity index (χ2n) is 4.93. The molecular formula is C12H23N3O3. The third kappa shape index (κ3) is 4.52. The van der Waals surface area contributed by atoms with Gasteiger partial charge in [0.05, 0.1) is 0 Å². The van der Waals surface area contributed by atoms with Crippen LogP contribution in [0, 0.1) is 0 Å². The molecular weight excluding hydrogens is 234 g/mol. The smallest absolute Gasteiger partial charge is 0.326 e. The monoisotopic (exact) mass is 257 g/mol. The topological polar surface area (TPSA) is 72.9 Å². The van der Waals surface area contributed by atoms with Crippen molar-refractivity contribution in [3.05, 3.63) is 0 Å². The molecule has 0 bridgehead atoms. The predicted molar refractivity (Wildman–Crippen MR) is 68.6 cm³/mol. The van der Waals surface area contributed by atoms with Crippen molar-refractivity contribution in [2.45, 2.75) is 31.7 Å². The van der Waals surface area contributed by atoms with Gasteiger partial charge in [-0.15, -0.1) is 0 Å². The van der Waals surface area contributed by atoms with E-state index >= 15 is 0 Å². The number of nitrogens with zero attached hydrogens (tertiary/aromatic N) is 2. The quantitative estimate of drug-likeness (QED) is 0.683. The van der Waals surface area contributed by atoms with Crippen molar-refractivity contribution >= 4 is 12.0 Å². The molecule has 0 aliphatic carbocycles. The maximum Gasteiger partial charge on any atom is 0.326 e. The van der Waals surface area contributed by atoms with Gasteiger partial charge >= 0.3 is 12.0 Å². The number of urea groups is 1. The van der Waals surface area contributed by atoms with Crippen molar-refractivity contribution in [2.24, 2.45) is 0 Å². The van der Waals surface area contributed by atoms with E-state index in [1.54, 1.807) is 0 Å². The van der Waals surface area contributed by atoms with Gasteiger partial charge in [0.1, 0.15) is 6.04 Å². The highest BCUT2D eigenvalue weighted by molar-refractivity contribution is 5.83. The summed E-state index contributed by atoms with van der Waals surface area (Å²) in [5, 5.41) is 11.8. The fourth-order valence-corrected chi connectivity index (χ4v) is 2.12. The Morgan fingerprint density at radius 3 is 2.72 bits per heavy atom. The van der Waals surface area contributed by atoms with Crippen molar-refractivity contribution in [3.63, 3.8) is 0 Å². The van der Waals surface area contributed by atoms with E-state index in [0.717, 1.165) is 25.8 Å². The molecule has 1 aliphatic rings. The van der Waals surface area contributed by atoms with Gasteiger partial charge in [-0.2, -0.15) is 0 Å². The molecule has 6 nitrogen and oxygen atoms in total. The van der Waals surface area contributed by atoms with Gasteiger partial charge in [0.15, 0.2) is 0 Å². The van der Waals surface area contributed by atoms with Gasteiger partial charge in [-0.25, -0.2) is 9.59 Å². The van der Waals surface area contributed by atoms with Crippen LogP contribution < -0.4 is 5.32 Å². The van der Waals surface area contributed by atoms with E-state index in [-0.39, 0.29) is 6.03 Å². The number of carbonyl (C=O) groups is 2. The summed E-state index contributed by atoms with van der Waals surface area (Å²) in [7, 11) is 4.03. The molecule has 1 fully saturated rings. The number of carboxylic acid groups (broad SMARTS) is 1. The fraction of sp³-hybridized carbons (Fsp3) is 0.833. The van der Waals surface area contributed by atoms with Crippen LogP contribution in [0.2, 0.25) is 0 Å². The number of aliphatic carboxylic acids is 1. The lowest BCUT2D eigenvalue weighted by Crippen LogP contribution is -2.46. The normalized spacial score (nSPS) is 19.3. The van der Waals surface area contributed by atoms with Gasteiger partial charge in [-0.05, 0) is 46.3 Å². The summed E-state index contributed by atoms with van der Waals surface area (Å²) in [6.07, 6.45) is 3.26. The average Bonchev–Trinajstić information content (AvgIpc) is 2.76. The Balaban J connectivity index is 2.22. The van der Waals surface area contributed by atoms with Crippen LogP contribution >= 0.6 is 0 Å². The largest absolute Gasteiger partial charge is 0.480 e. The highest BCUT2D eigenvalue weighted by Crippen LogP contribution is 2.17. The lowest BCUT2D eigenvalue weighted by Gasteiger charge is -2.21. The molecule has 1 rings (SSSR count). The molecule has 0 spiro atoms. The van der Waals surface area contributed by atoms with Gasteiger partial charge < -0.3 is 20.2 Å². The molecule has 18 heavy (non-hydrogen) atoms. The zero-order valence-electron chi connectivity index (χ0n) is 11.2. The predicted octanol–water partition coefficient (Wildman–Crippen LogP) is 0.587. The summed E-state index contributed by atoms with van der Waals surface area (Å²) in [5.74, 6) is -0.907. The first-order chi connectivity index (χ1) is 8.52. The number of nitrogens with one attached hydrogen (secondary N) is 1. The molecule has 0 saturated carbocycles. The molecule has 0 aromatic rings. The summed E-state index contributed by atoms with van der Waals surface area (Å²) in [5.41, 5.74) is 0. The molecule has 0 aromatic heterocycles. The second-order valence-corrected chi connectivity index (χ2v) is 4.93. The minimum absolute atomic E-state index is 0.246. The second kappa shape index (κ2) is 7.20. The zero-order chi connectivity index (χ0) is 13.5. The number of unbranched alkanes of at least 4 members (excludes halogenated alkanes) is 1. The summed E-state index contributed by atoms with van der Waals surface area (Å²) < 4.78 is 0. The Morgan fingerprint density at radius 1 is 1.39 bits per heavy atom. The molecule has 6 heteroatoms. The van der Waals surface area contributed by atoms with Crippen LogP contribution in [0.4, 0.5) is 4.79 Å². The van der Waals surface area contributed by atoms with Crippen LogP contribution in [0.3, 0.4) is 0 Å². The average molecular weight is 257 g/mol. The highest BCUT2D eigenvalue weighted by atomic mass is 16.4. The lowest BCUT2D eigenvalue weighted by molar-refractivity contribution is -0.141. The first kappa shape index (κ1) is 14.8. The molecule has 1 atom stereocenters. The standard InChI is InChI=1S/C12H23N3O3/c1-14(2)8-4-3-7-13-12(18)15-9-5-6-10(15)11(16)17/h10H,3-9H2,1-2H3,(H,13,18)(H,16,17). The summed E-state index contributed by atoms with van der Waals surface area (Å²) in [6, 6.07) is -0.892. The minimum atomic E-state index is -0.907. The van der Waals surface area contributed by atoms with Crippen molar-refractivity contribution in [3.8, 4) is 0 Å². The number of hydrogen-bond donors (Lipinski definition) is 2. The van der Waals surface area contributed by atoms with Crippen LogP contribution in [0.5, 0.6) is 0 Å². The highest BCUT2D eigenvalue weighted by Gasteiger charge is 2.33. The summed E-state index contributed by atoms with van der Waals surface area (Å²) in [4.78, 5) is 26.3. The molecule has 1 unspecified atom stereocenters. The van der Waals surface area contributed by atoms with E-state index in [1.165, 1.54) is 4.90 Å². The maximum absolute atomic E-state index is 11.8. The number of likely N-dealkylation sites (tertiary alicyclic amines) is 1. The fourth-order valence-electron chi connectivity index (χ4n) is 2.12. The molecule has 2 amide bonds. The molecule has 0 aromatic carbocycles. The number of carbonyl (C=O) groups excluding carboxylic acids is 1. The van der Waals surface area contributed by atoms with Gasteiger partial charge in [-0.1, -0.05) is 0 Å². The molecule has 1 heterocycles. The van der Waals surface area contributed by atoms with Crippen LogP contribution in [-0.4, -0.2) is 66.7 Å². The van der Waals surface area contributed by atoms with Crippen LogP contribution in [0.15, 0.2) is 0 Å². The van der Waals surface area contributed by atoms with Crippen LogP contribution in [0.1, 0.15) is 25.7 Å². The third-order valence-electron chi connectivity index (χ3n) is 3.11. The first-order valence-corrected chi connectivity index (χ1v) is 6.44. The van der Waals surface area contributed by atoms with Crippen molar-refractivity contribution in [2.75, 3.05) is 33.7 Å². The molecule has 104 valence electrons. The zero-order valence-corrected chi connectivity index (χ0v) is 11.2. The van der Waals surface area contributed by atoms with E-state index in [2.05, 4.69) is 10.2 Å². The summed E-state index contributed by atoms with van der Waals surface area (Å²) in [6.45, 7) is 2.15. The van der Waals surface area contributed by atoms with Gasteiger partial charge in [0.2, 0.25) is 0 Å².